The minimum Gasteiger partial charge on any atom is -0.478 e. The largest absolute Gasteiger partial charge is 0.478 e. The monoisotopic (exact) mass is 377 g/mol. The fourth-order valence-corrected chi connectivity index (χ4v) is 3.12. The number of thiocarbonyl (C=S) groups is 1. The van der Waals surface area contributed by atoms with E-state index in [0.29, 0.717) is 22.1 Å². The van der Waals surface area contributed by atoms with Crippen LogP contribution in [0, 0.1) is 25.2 Å². The van der Waals surface area contributed by atoms with Gasteiger partial charge in [-0.15, -0.1) is 0 Å². The van der Waals surface area contributed by atoms with Gasteiger partial charge in [0.2, 0.25) is 0 Å². The molecule has 2 aromatic rings. The van der Waals surface area contributed by atoms with Crippen molar-refractivity contribution in [2.24, 2.45) is 0 Å². The number of hydrogen-bond donors (Lipinski definition) is 0. The Morgan fingerprint density at radius 2 is 1.93 bits per heavy atom. The molecule has 2 aromatic carbocycles. The van der Waals surface area contributed by atoms with Crippen molar-refractivity contribution in [2.75, 3.05) is 18.6 Å². The van der Waals surface area contributed by atoms with E-state index < -0.39 is 0 Å². The lowest BCUT2D eigenvalue weighted by atomic mass is 10.1. The van der Waals surface area contributed by atoms with Gasteiger partial charge in [-0.2, -0.15) is 5.26 Å². The molecule has 27 heavy (non-hydrogen) atoms. The highest BCUT2D eigenvalue weighted by Crippen LogP contribution is 2.30. The van der Waals surface area contributed by atoms with Crippen LogP contribution in [-0.4, -0.2) is 29.6 Å². The molecule has 1 heterocycles. The van der Waals surface area contributed by atoms with Crippen molar-refractivity contribution in [2.45, 2.75) is 13.8 Å². The maximum Gasteiger partial charge on any atom is 0.281 e. The number of hydrogen-bond acceptors (Lipinski definition) is 4. The molecule has 0 spiro atoms. The fourth-order valence-electron chi connectivity index (χ4n) is 2.84. The SMILES string of the molecule is Cc1ccc(N2C(=O)/C(=C/c3ccccc3OCC#N)N(C)C2=S)cc1C. The summed E-state index contributed by atoms with van der Waals surface area (Å²) in [5.74, 6) is 0.351. The summed E-state index contributed by atoms with van der Waals surface area (Å²) in [6.45, 7) is 3.97. The molecule has 136 valence electrons. The van der Waals surface area contributed by atoms with Crippen LogP contribution >= 0.6 is 12.2 Å². The zero-order valence-electron chi connectivity index (χ0n) is 15.4. The van der Waals surface area contributed by atoms with E-state index in [1.807, 2.05) is 56.3 Å². The summed E-state index contributed by atoms with van der Waals surface area (Å²) in [4.78, 5) is 16.3. The van der Waals surface area contributed by atoms with Gasteiger partial charge in [0.15, 0.2) is 11.7 Å². The van der Waals surface area contributed by atoms with Gasteiger partial charge in [0, 0.05) is 12.6 Å². The minimum absolute atomic E-state index is 0.0584. The smallest absolute Gasteiger partial charge is 0.281 e. The van der Waals surface area contributed by atoms with Crippen molar-refractivity contribution in [3.05, 3.63) is 64.9 Å². The Morgan fingerprint density at radius 3 is 2.63 bits per heavy atom. The van der Waals surface area contributed by atoms with Gasteiger partial charge in [-0.1, -0.05) is 24.3 Å². The van der Waals surface area contributed by atoms with Crippen LogP contribution < -0.4 is 9.64 Å². The van der Waals surface area contributed by atoms with Crippen LogP contribution in [0.3, 0.4) is 0 Å². The standard InChI is InChI=1S/C21H19N3O2S/c1-14-8-9-17(12-15(14)2)24-20(25)18(23(3)21(24)27)13-16-6-4-5-7-19(16)26-11-10-22/h4-9,12-13H,11H2,1-3H3/b18-13-. The molecular formula is C21H19N3O2S. The molecular weight excluding hydrogens is 358 g/mol. The zero-order chi connectivity index (χ0) is 19.6. The summed E-state index contributed by atoms with van der Waals surface area (Å²) in [5.41, 5.74) is 4.17. The van der Waals surface area contributed by atoms with E-state index in [2.05, 4.69) is 0 Å². The van der Waals surface area contributed by atoms with Crippen molar-refractivity contribution >= 4 is 35.0 Å². The van der Waals surface area contributed by atoms with Gasteiger partial charge in [-0.25, -0.2) is 0 Å². The lowest BCUT2D eigenvalue weighted by Gasteiger charge is -2.17. The second-order valence-corrected chi connectivity index (χ2v) is 6.63. The number of aryl methyl sites for hydroxylation is 2. The lowest BCUT2D eigenvalue weighted by Crippen LogP contribution is -2.31. The van der Waals surface area contributed by atoms with Crippen LogP contribution in [-0.2, 0) is 4.79 Å². The van der Waals surface area contributed by atoms with Gasteiger partial charge in [0.25, 0.3) is 5.91 Å². The molecule has 1 aliphatic rings. The number of anilines is 1. The Kier molecular flexibility index (Phi) is 5.24. The normalized spacial score (nSPS) is 15.4. The van der Waals surface area contributed by atoms with Crippen molar-refractivity contribution in [1.82, 2.24) is 4.90 Å². The minimum atomic E-state index is -0.194. The molecule has 0 N–H and O–H groups in total. The molecule has 0 bridgehead atoms. The highest BCUT2D eigenvalue weighted by Gasteiger charge is 2.37. The van der Waals surface area contributed by atoms with Crippen molar-refractivity contribution in [1.29, 1.82) is 5.26 Å². The molecule has 0 saturated carbocycles. The maximum absolute atomic E-state index is 13.1. The Labute approximate surface area is 164 Å². The van der Waals surface area contributed by atoms with Crippen LogP contribution in [0.1, 0.15) is 16.7 Å². The quantitative estimate of drug-likeness (QED) is 0.599. The van der Waals surface area contributed by atoms with Gasteiger partial charge in [0.1, 0.15) is 17.5 Å². The maximum atomic E-state index is 13.1. The molecule has 3 rings (SSSR count). The third-order valence-electron chi connectivity index (χ3n) is 4.51. The second kappa shape index (κ2) is 7.60. The highest BCUT2D eigenvalue weighted by atomic mass is 32.1. The summed E-state index contributed by atoms with van der Waals surface area (Å²) in [6, 6.07) is 15.1. The van der Waals surface area contributed by atoms with E-state index in [9.17, 15) is 4.79 Å². The van der Waals surface area contributed by atoms with Gasteiger partial charge in [-0.05, 0) is 61.5 Å². The number of nitrogens with zero attached hydrogens (tertiary/aromatic N) is 3. The first-order valence-electron chi connectivity index (χ1n) is 8.44. The molecule has 0 aliphatic carbocycles. The van der Waals surface area contributed by atoms with E-state index in [4.69, 9.17) is 22.2 Å². The Balaban J connectivity index is 2.00. The third kappa shape index (κ3) is 3.55. The van der Waals surface area contributed by atoms with E-state index in [0.717, 1.165) is 16.8 Å². The summed E-state index contributed by atoms with van der Waals surface area (Å²) in [6.07, 6.45) is 1.74. The van der Waals surface area contributed by atoms with Crippen molar-refractivity contribution in [3.63, 3.8) is 0 Å². The first-order chi connectivity index (χ1) is 12.9. The first-order valence-corrected chi connectivity index (χ1v) is 8.84. The number of carbonyl (C=O) groups is 1. The molecule has 5 nitrogen and oxygen atoms in total. The Morgan fingerprint density at radius 1 is 1.19 bits per heavy atom. The molecule has 0 unspecified atom stereocenters. The zero-order valence-corrected chi connectivity index (χ0v) is 16.2. The predicted molar refractivity (Wildman–Crippen MR) is 109 cm³/mol. The molecule has 0 aromatic heterocycles. The number of carbonyl (C=O) groups excluding carboxylic acids is 1. The van der Waals surface area contributed by atoms with Crippen LogP contribution in [0.4, 0.5) is 5.69 Å². The molecule has 0 radical (unpaired) electrons. The lowest BCUT2D eigenvalue weighted by molar-refractivity contribution is -0.114. The summed E-state index contributed by atoms with van der Waals surface area (Å²) in [7, 11) is 1.77. The van der Waals surface area contributed by atoms with Crippen LogP contribution in [0.5, 0.6) is 5.75 Å². The number of ether oxygens (including phenoxy) is 1. The Hall–Kier alpha value is -3.17. The van der Waals surface area contributed by atoms with E-state index >= 15 is 0 Å². The average molecular weight is 377 g/mol. The topological polar surface area (TPSA) is 56.6 Å². The summed E-state index contributed by atoms with van der Waals surface area (Å²) in [5, 5.41) is 9.17. The molecule has 0 atom stereocenters. The van der Waals surface area contributed by atoms with Crippen molar-refractivity contribution < 1.29 is 9.53 Å². The summed E-state index contributed by atoms with van der Waals surface area (Å²) < 4.78 is 5.45. The number of amides is 1. The van der Waals surface area contributed by atoms with E-state index in [1.54, 1.807) is 24.1 Å². The highest BCUT2D eigenvalue weighted by molar-refractivity contribution is 7.80. The average Bonchev–Trinajstić information content (AvgIpc) is 2.87. The first kappa shape index (κ1) is 18.6. The van der Waals surface area contributed by atoms with Crippen LogP contribution in [0.15, 0.2) is 48.2 Å². The number of likely N-dealkylation sites (N-methyl/N-ethyl adjacent to an activating group) is 1. The summed E-state index contributed by atoms with van der Waals surface area (Å²) >= 11 is 5.51. The Bertz CT molecular complexity index is 991. The van der Waals surface area contributed by atoms with Crippen LogP contribution in [0.2, 0.25) is 0 Å². The molecule has 1 amide bonds. The molecule has 1 fully saturated rings. The molecule has 1 saturated heterocycles. The third-order valence-corrected chi connectivity index (χ3v) is 4.97. The second-order valence-electron chi connectivity index (χ2n) is 6.26. The number of nitriles is 1. The number of para-hydroxylation sites is 1. The number of benzene rings is 2. The fraction of sp³-hybridized carbons (Fsp3) is 0.190. The molecule has 1 aliphatic heterocycles. The van der Waals surface area contributed by atoms with E-state index in [1.165, 1.54) is 4.90 Å². The van der Waals surface area contributed by atoms with Crippen molar-refractivity contribution in [3.8, 4) is 11.8 Å². The van der Waals surface area contributed by atoms with Gasteiger partial charge >= 0.3 is 0 Å². The van der Waals surface area contributed by atoms with Gasteiger partial charge in [-0.3, -0.25) is 9.69 Å². The predicted octanol–water partition coefficient (Wildman–Crippen LogP) is 3.81. The van der Waals surface area contributed by atoms with Gasteiger partial charge < -0.3 is 9.64 Å². The van der Waals surface area contributed by atoms with E-state index in [-0.39, 0.29) is 12.5 Å². The van der Waals surface area contributed by atoms with Gasteiger partial charge in [0.05, 0.1) is 5.69 Å². The number of rotatable bonds is 4. The van der Waals surface area contributed by atoms with Crippen LogP contribution in [0.25, 0.3) is 6.08 Å². The molecule has 6 heteroatoms.